The molecule has 0 bridgehead atoms. The van der Waals surface area contributed by atoms with Crippen molar-refractivity contribution in [2.24, 2.45) is 5.73 Å². The van der Waals surface area contributed by atoms with Crippen LogP contribution in [0.15, 0.2) is 24.3 Å². The molecule has 0 saturated heterocycles. The molecule has 1 aromatic heterocycles. The SMILES string of the molecule is NC(=O)c1cc2ccc(C(F)(F)F)cc2n1C1CCCCCC1. The van der Waals surface area contributed by atoms with E-state index in [0.717, 1.165) is 50.7 Å². The van der Waals surface area contributed by atoms with E-state index in [2.05, 4.69) is 0 Å². The highest BCUT2D eigenvalue weighted by Gasteiger charge is 2.31. The largest absolute Gasteiger partial charge is 0.416 e. The highest BCUT2D eigenvalue weighted by molar-refractivity contribution is 5.98. The zero-order valence-corrected chi connectivity index (χ0v) is 12.7. The van der Waals surface area contributed by atoms with Crippen LogP contribution in [-0.2, 0) is 6.18 Å². The van der Waals surface area contributed by atoms with Gasteiger partial charge in [0.25, 0.3) is 5.91 Å². The summed E-state index contributed by atoms with van der Waals surface area (Å²) in [7, 11) is 0. The van der Waals surface area contributed by atoms with Gasteiger partial charge < -0.3 is 10.3 Å². The van der Waals surface area contributed by atoms with E-state index >= 15 is 0 Å². The topological polar surface area (TPSA) is 48.0 Å². The van der Waals surface area contributed by atoms with Gasteiger partial charge in [-0.25, -0.2) is 0 Å². The molecule has 1 fully saturated rings. The maximum absolute atomic E-state index is 13.0. The molecule has 1 saturated carbocycles. The number of hydrogen-bond acceptors (Lipinski definition) is 1. The number of alkyl halides is 3. The van der Waals surface area contributed by atoms with E-state index in [1.807, 2.05) is 0 Å². The van der Waals surface area contributed by atoms with Crippen molar-refractivity contribution in [2.45, 2.75) is 50.7 Å². The van der Waals surface area contributed by atoms with Crippen LogP contribution >= 0.6 is 0 Å². The number of halogens is 3. The van der Waals surface area contributed by atoms with Gasteiger partial charge in [-0.3, -0.25) is 4.79 Å². The smallest absolute Gasteiger partial charge is 0.364 e. The predicted molar refractivity (Wildman–Crippen MR) is 82.2 cm³/mol. The first-order valence-electron chi connectivity index (χ1n) is 7.90. The van der Waals surface area contributed by atoms with Crippen molar-refractivity contribution in [3.8, 4) is 0 Å². The highest BCUT2D eigenvalue weighted by Crippen LogP contribution is 2.36. The van der Waals surface area contributed by atoms with Gasteiger partial charge in [-0.1, -0.05) is 31.7 Å². The number of nitrogens with zero attached hydrogens (tertiary/aromatic N) is 1. The minimum Gasteiger partial charge on any atom is -0.364 e. The van der Waals surface area contributed by atoms with Gasteiger partial charge in [-0.15, -0.1) is 0 Å². The van der Waals surface area contributed by atoms with Crippen LogP contribution in [-0.4, -0.2) is 10.5 Å². The molecule has 1 aromatic carbocycles. The Morgan fingerprint density at radius 2 is 1.74 bits per heavy atom. The van der Waals surface area contributed by atoms with Gasteiger partial charge in [0.05, 0.1) is 5.56 Å². The van der Waals surface area contributed by atoms with Crippen LogP contribution in [0.5, 0.6) is 0 Å². The molecule has 1 aliphatic rings. The van der Waals surface area contributed by atoms with E-state index < -0.39 is 17.6 Å². The fraction of sp³-hybridized carbons (Fsp3) is 0.471. The summed E-state index contributed by atoms with van der Waals surface area (Å²) in [6.07, 6.45) is 1.59. The zero-order valence-electron chi connectivity index (χ0n) is 12.7. The van der Waals surface area contributed by atoms with Gasteiger partial charge in [-0.2, -0.15) is 13.2 Å². The van der Waals surface area contributed by atoms with Crippen molar-refractivity contribution in [2.75, 3.05) is 0 Å². The summed E-state index contributed by atoms with van der Waals surface area (Å²) in [4.78, 5) is 11.8. The molecule has 0 atom stereocenters. The first kappa shape index (κ1) is 15.9. The van der Waals surface area contributed by atoms with Crippen molar-refractivity contribution < 1.29 is 18.0 Å². The third-order valence-corrected chi connectivity index (χ3v) is 4.61. The van der Waals surface area contributed by atoms with Crippen LogP contribution in [0, 0.1) is 0 Å². The highest BCUT2D eigenvalue weighted by atomic mass is 19.4. The monoisotopic (exact) mass is 324 g/mol. The number of benzene rings is 1. The molecular weight excluding hydrogens is 305 g/mol. The number of aromatic nitrogens is 1. The van der Waals surface area contributed by atoms with Crippen LogP contribution in [0.3, 0.4) is 0 Å². The Morgan fingerprint density at radius 3 is 2.30 bits per heavy atom. The quantitative estimate of drug-likeness (QED) is 0.803. The fourth-order valence-corrected chi connectivity index (χ4v) is 3.50. The summed E-state index contributed by atoms with van der Waals surface area (Å²) < 4.78 is 40.8. The lowest BCUT2D eigenvalue weighted by Gasteiger charge is -2.20. The van der Waals surface area contributed by atoms with Crippen LogP contribution in [0.1, 0.15) is 60.6 Å². The second-order valence-corrected chi connectivity index (χ2v) is 6.18. The molecule has 124 valence electrons. The number of carbonyl (C=O) groups is 1. The van der Waals surface area contributed by atoms with Gasteiger partial charge in [0.2, 0.25) is 0 Å². The molecule has 6 heteroatoms. The predicted octanol–water partition coefficient (Wildman–Crippen LogP) is 4.65. The van der Waals surface area contributed by atoms with Crippen molar-refractivity contribution >= 4 is 16.8 Å². The second-order valence-electron chi connectivity index (χ2n) is 6.18. The average Bonchev–Trinajstić information content (AvgIpc) is 2.66. The number of hydrogen-bond donors (Lipinski definition) is 1. The Hall–Kier alpha value is -1.98. The van der Waals surface area contributed by atoms with Crippen LogP contribution in [0.25, 0.3) is 10.9 Å². The standard InChI is InChI=1S/C17H19F3N2O/c18-17(19,20)12-8-7-11-9-15(16(21)23)22(14(11)10-12)13-5-3-1-2-4-6-13/h7-10,13H,1-6H2,(H2,21,23). The Balaban J connectivity index is 2.18. The van der Waals surface area contributed by atoms with Gasteiger partial charge in [-0.05, 0) is 31.0 Å². The number of nitrogens with two attached hydrogens (primary N) is 1. The minimum absolute atomic E-state index is 0.0287. The summed E-state index contributed by atoms with van der Waals surface area (Å²) >= 11 is 0. The lowest BCUT2D eigenvalue weighted by Crippen LogP contribution is -2.20. The number of carbonyl (C=O) groups excluding carboxylic acids is 1. The van der Waals surface area contributed by atoms with E-state index in [-0.39, 0.29) is 6.04 Å². The Morgan fingerprint density at radius 1 is 1.09 bits per heavy atom. The number of fused-ring (bicyclic) bond motifs is 1. The number of primary amides is 1. The van der Waals surface area contributed by atoms with E-state index in [1.54, 1.807) is 10.6 Å². The van der Waals surface area contributed by atoms with Gasteiger partial charge in [0.15, 0.2) is 0 Å². The van der Waals surface area contributed by atoms with Crippen LogP contribution in [0.4, 0.5) is 13.2 Å². The maximum atomic E-state index is 13.0. The fourth-order valence-electron chi connectivity index (χ4n) is 3.50. The van der Waals surface area contributed by atoms with Crippen molar-refractivity contribution in [3.63, 3.8) is 0 Å². The summed E-state index contributed by atoms with van der Waals surface area (Å²) in [5, 5.41) is 0.621. The molecule has 0 unspecified atom stereocenters. The molecule has 2 aromatic rings. The summed E-state index contributed by atoms with van der Waals surface area (Å²) in [5.41, 5.74) is 5.51. The van der Waals surface area contributed by atoms with E-state index in [9.17, 15) is 18.0 Å². The molecule has 1 heterocycles. The lowest BCUT2D eigenvalue weighted by atomic mass is 10.1. The molecule has 0 aliphatic heterocycles. The molecule has 3 nitrogen and oxygen atoms in total. The van der Waals surface area contributed by atoms with Crippen molar-refractivity contribution in [1.29, 1.82) is 0 Å². The Kier molecular flexibility index (Phi) is 4.08. The summed E-state index contributed by atoms with van der Waals surface area (Å²) in [5.74, 6) is -0.598. The summed E-state index contributed by atoms with van der Waals surface area (Å²) in [6.45, 7) is 0. The number of amides is 1. The van der Waals surface area contributed by atoms with Gasteiger partial charge in [0, 0.05) is 16.9 Å². The number of rotatable bonds is 2. The third-order valence-electron chi connectivity index (χ3n) is 4.61. The lowest BCUT2D eigenvalue weighted by molar-refractivity contribution is -0.137. The maximum Gasteiger partial charge on any atom is 0.416 e. The normalized spacial score (nSPS) is 17.3. The van der Waals surface area contributed by atoms with E-state index in [0.29, 0.717) is 16.6 Å². The Labute approximate surface area is 132 Å². The molecular formula is C17H19F3N2O. The first-order valence-corrected chi connectivity index (χ1v) is 7.90. The van der Waals surface area contributed by atoms with E-state index in [1.165, 1.54) is 6.07 Å². The van der Waals surface area contributed by atoms with Gasteiger partial charge >= 0.3 is 6.18 Å². The minimum atomic E-state index is -4.40. The molecule has 0 spiro atoms. The molecule has 1 amide bonds. The van der Waals surface area contributed by atoms with Crippen LogP contribution in [0.2, 0.25) is 0 Å². The summed E-state index contributed by atoms with van der Waals surface area (Å²) in [6, 6.07) is 5.22. The zero-order chi connectivity index (χ0) is 16.6. The van der Waals surface area contributed by atoms with Crippen molar-refractivity contribution in [1.82, 2.24) is 4.57 Å². The second kappa shape index (κ2) is 5.91. The molecule has 1 aliphatic carbocycles. The van der Waals surface area contributed by atoms with Crippen LogP contribution < -0.4 is 5.73 Å². The Bertz CT molecular complexity index is 725. The third kappa shape index (κ3) is 3.07. The van der Waals surface area contributed by atoms with E-state index in [4.69, 9.17) is 5.73 Å². The molecule has 23 heavy (non-hydrogen) atoms. The average molecular weight is 324 g/mol. The first-order chi connectivity index (χ1) is 10.9. The van der Waals surface area contributed by atoms with Gasteiger partial charge in [0.1, 0.15) is 5.69 Å². The molecule has 2 N–H and O–H groups in total. The molecule has 3 rings (SSSR count). The van der Waals surface area contributed by atoms with Crippen molar-refractivity contribution in [3.05, 3.63) is 35.5 Å². The molecule has 0 radical (unpaired) electrons.